The highest BCUT2D eigenvalue weighted by Gasteiger charge is 2.52. The molecule has 78 heavy (non-hydrogen) atoms. The van der Waals surface area contributed by atoms with Gasteiger partial charge < -0.3 is 9.32 Å². The number of nitrogens with zero attached hydrogens (tertiary/aromatic N) is 1. The Morgan fingerprint density at radius 1 is 0.308 bits per heavy atom. The molecule has 4 fully saturated rings. The summed E-state index contributed by atoms with van der Waals surface area (Å²) in [5, 5.41) is 4.69. The van der Waals surface area contributed by atoms with Crippen molar-refractivity contribution in [3.63, 3.8) is 0 Å². The number of fused-ring (bicyclic) bond motifs is 11. The van der Waals surface area contributed by atoms with Crippen LogP contribution < -0.4 is 4.90 Å². The average molecular weight is 1000 g/mol. The number of hydrogen-bond acceptors (Lipinski definition) is 2. The highest BCUT2D eigenvalue weighted by atomic mass is 16.3. The zero-order chi connectivity index (χ0) is 51.2. The van der Waals surface area contributed by atoms with Crippen molar-refractivity contribution in [1.82, 2.24) is 0 Å². The van der Waals surface area contributed by atoms with Crippen LogP contribution in [0.1, 0.15) is 88.6 Å². The van der Waals surface area contributed by atoms with Crippen LogP contribution in [-0.2, 0) is 16.2 Å². The summed E-state index contributed by atoms with van der Waals surface area (Å²) in [7, 11) is 0. The van der Waals surface area contributed by atoms with E-state index in [1.165, 1.54) is 122 Å². The van der Waals surface area contributed by atoms with Gasteiger partial charge >= 0.3 is 0 Å². The summed E-state index contributed by atoms with van der Waals surface area (Å²) in [6, 6.07) is 96.2. The highest BCUT2D eigenvalue weighted by molar-refractivity contribution is 6.20. The molecule has 1 aromatic heterocycles. The average Bonchev–Trinajstić information content (AvgIpc) is 4.26. The van der Waals surface area contributed by atoms with Crippen molar-refractivity contribution in [1.29, 1.82) is 0 Å². The van der Waals surface area contributed by atoms with Gasteiger partial charge in [-0.2, -0.15) is 0 Å². The largest absolute Gasteiger partial charge is 0.456 e. The fraction of sp³-hybridized carbons (Fsp3) is 0.158. The van der Waals surface area contributed by atoms with Gasteiger partial charge in [-0.1, -0.05) is 206 Å². The summed E-state index contributed by atoms with van der Waals surface area (Å²) in [5.74, 6) is 2.65. The van der Waals surface area contributed by atoms with Crippen LogP contribution in [0.25, 0.3) is 55.0 Å². The fourth-order valence-electron chi connectivity index (χ4n) is 17.2. The molecule has 0 saturated heterocycles. The Labute approximate surface area is 456 Å². The predicted molar refractivity (Wildman–Crippen MR) is 320 cm³/mol. The van der Waals surface area contributed by atoms with Gasteiger partial charge in [0, 0.05) is 33.9 Å². The Kier molecular flexibility index (Phi) is 9.48. The molecule has 2 heteroatoms. The molecule has 372 valence electrons. The third-order valence-electron chi connectivity index (χ3n) is 19.8. The smallest absolute Gasteiger partial charge is 0.137 e. The second-order valence-corrected chi connectivity index (χ2v) is 23.7. The minimum Gasteiger partial charge on any atom is -0.456 e. The Morgan fingerprint density at radius 2 is 0.756 bits per heavy atom. The van der Waals surface area contributed by atoms with Crippen molar-refractivity contribution in [3.8, 4) is 22.3 Å². The van der Waals surface area contributed by atoms with Crippen molar-refractivity contribution in [3.05, 3.63) is 305 Å². The van der Waals surface area contributed by atoms with Gasteiger partial charge in [-0.15, -0.1) is 0 Å². The highest BCUT2D eigenvalue weighted by Crippen LogP contribution is 2.62. The van der Waals surface area contributed by atoms with Crippen LogP contribution in [0.2, 0.25) is 0 Å². The number of furan rings is 1. The van der Waals surface area contributed by atoms with Gasteiger partial charge in [0.25, 0.3) is 0 Å². The molecule has 0 aliphatic heterocycles. The van der Waals surface area contributed by atoms with E-state index in [2.05, 4.69) is 260 Å². The first-order valence-corrected chi connectivity index (χ1v) is 28.5. The number of hydrogen-bond donors (Lipinski definition) is 0. The van der Waals surface area contributed by atoms with E-state index in [0.29, 0.717) is 5.41 Å². The molecule has 12 aromatic rings. The first-order chi connectivity index (χ1) is 38.6. The monoisotopic (exact) mass is 999 g/mol. The van der Waals surface area contributed by atoms with Crippen LogP contribution >= 0.6 is 0 Å². The van der Waals surface area contributed by atoms with Crippen LogP contribution in [0.5, 0.6) is 0 Å². The van der Waals surface area contributed by atoms with Gasteiger partial charge in [-0.05, 0) is 187 Å². The molecule has 6 aliphatic rings. The Bertz CT molecular complexity index is 4240. The van der Waals surface area contributed by atoms with Crippen molar-refractivity contribution in [2.75, 3.05) is 4.90 Å². The van der Waals surface area contributed by atoms with E-state index in [1.54, 1.807) is 0 Å². The minimum absolute atomic E-state index is 0.305. The Morgan fingerprint density at radius 3 is 1.33 bits per heavy atom. The lowest BCUT2D eigenvalue weighted by molar-refractivity contribution is -0.00518. The first kappa shape index (κ1) is 44.4. The molecule has 0 atom stereocenters. The van der Waals surface area contributed by atoms with Crippen LogP contribution in [0.3, 0.4) is 0 Å². The minimum atomic E-state index is -0.576. The van der Waals surface area contributed by atoms with E-state index < -0.39 is 10.8 Å². The number of anilines is 3. The SMILES string of the molecule is c1ccc(C2(c3ccccc3)c3ccccc3-c3ccc(N(c4ccc(C56CC7CC(CC(C7)C5)C6)cc4)c4ccc5c(c4)oc4cc(C6(c7ccccc7)c7ccccc7-c7ccccc76)c6ccccc6c45)cc32)cc1. The van der Waals surface area contributed by atoms with E-state index in [1.807, 2.05) is 0 Å². The zero-order valence-corrected chi connectivity index (χ0v) is 43.6. The van der Waals surface area contributed by atoms with Crippen LogP contribution in [0, 0.1) is 17.8 Å². The predicted octanol–water partition coefficient (Wildman–Crippen LogP) is 19.4. The van der Waals surface area contributed by atoms with Crippen LogP contribution in [0.15, 0.2) is 259 Å². The fourth-order valence-corrected chi connectivity index (χ4v) is 17.2. The molecule has 1 heterocycles. The molecule has 4 saturated carbocycles. The maximum Gasteiger partial charge on any atom is 0.137 e. The van der Waals surface area contributed by atoms with E-state index >= 15 is 0 Å². The molecule has 0 spiro atoms. The van der Waals surface area contributed by atoms with Crippen LogP contribution in [-0.4, -0.2) is 0 Å². The zero-order valence-electron chi connectivity index (χ0n) is 43.6. The Hall–Kier alpha value is -8.72. The van der Waals surface area contributed by atoms with E-state index in [9.17, 15) is 0 Å². The standard InChI is InChI=1S/C76H57NO/c1-4-18-53(19-5-1)75(54-20-6-2-7-21-54)66-29-15-12-26-61(66)63-38-36-57(43-69(63)75)77(56-34-32-52(33-35-56)74-46-49-40-50(47-74)42-51(41-49)48-74)58-37-39-65-71(44-58)78-72-45-70(62-27-10-11-28-64(62)73(65)72)76(55-22-8-3-9-23-55)67-30-16-13-24-59(67)60-25-14-17-31-68(60)76/h1-39,43-45,49-51H,40-42,46-48H2. The summed E-state index contributed by atoms with van der Waals surface area (Å²) in [4.78, 5) is 2.50. The lowest BCUT2D eigenvalue weighted by atomic mass is 9.48. The Balaban J connectivity index is 0.885. The molecular weight excluding hydrogens is 943 g/mol. The lowest BCUT2D eigenvalue weighted by Gasteiger charge is -2.57. The maximum atomic E-state index is 7.38. The third kappa shape index (κ3) is 6.09. The van der Waals surface area contributed by atoms with E-state index in [-0.39, 0.29) is 0 Å². The summed E-state index contributed by atoms with van der Waals surface area (Å²) >= 11 is 0. The topological polar surface area (TPSA) is 16.4 Å². The maximum absolute atomic E-state index is 7.38. The molecule has 0 unspecified atom stereocenters. The number of rotatable bonds is 8. The normalized spacial score (nSPS) is 20.6. The quantitative estimate of drug-likeness (QED) is 0.151. The van der Waals surface area contributed by atoms with Crippen molar-refractivity contribution >= 4 is 49.8 Å². The summed E-state index contributed by atoms with van der Waals surface area (Å²) in [6.45, 7) is 0. The lowest BCUT2D eigenvalue weighted by Crippen LogP contribution is -2.48. The summed E-state index contributed by atoms with van der Waals surface area (Å²) in [5.41, 5.74) is 21.2. The van der Waals surface area contributed by atoms with Gasteiger partial charge in [0.05, 0.1) is 10.8 Å². The molecule has 11 aromatic carbocycles. The molecule has 0 amide bonds. The molecule has 0 N–H and O–H groups in total. The van der Waals surface area contributed by atoms with Crippen molar-refractivity contribution < 1.29 is 4.42 Å². The van der Waals surface area contributed by atoms with Gasteiger partial charge in [-0.3, -0.25) is 0 Å². The summed E-state index contributed by atoms with van der Waals surface area (Å²) in [6.07, 6.45) is 8.37. The van der Waals surface area contributed by atoms with Crippen molar-refractivity contribution in [2.24, 2.45) is 17.8 Å². The second kappa shape index (κ2) is 16.6. The summed E-state index contributed by atoms with van der Waals surface area (Å²) < 4.78 is 7.38. The van der Waals surface area contributed by atoms with Gasteiger partial charge in [0.15, 0.2) is 0 Å². The first-order valence-electron chi connectivity index (χ1n) is 28.5. The van der Waals surface area contributed by atoms with E-state index in [0.717, 1.165) is 56.8 Å². The third-order valence-corrected chi connectivity index (χ3v) is 19.8. The second-order valence-electron chi connectivity index (χ2n) is 23.7. The van der Waals surface area contributed by atoms with Gasteiger partial charge in [-0.25, -0.2) is 0 Å². The molecule has 2 nitrogen and oxygen atoms in total. The van der Waals surface area contributed by atoms with Crippen molar-refractivity contribution in [2.45, 2.75) is 54.8 Å². The van der Waals surface area contributed by atoms with E-state index in [4.69, 9.17) is 4.42 Å². The molecule has 6 aliphatic carbocycles. The van der Waals surface area contributed by atoms with Gasteiger partial charge in [0.1, 0.15) is 11.2 Å². The molecule has 4 bridgehead atoms. The molecule has 18 rings (SSSR count). The van der Waals surface area contributed by atoms with Gasteiger partial charge in [0.2, 0.25) is 0 Å². The van der Waals surface area contributed by atoms with Crippen LogP contribution in [0.4, 0.5) is 17.1 Å². The number of benzene rings is 11. The molecular formula is C76H57NO. The molecule has 0 radical (unpaired) electrons.